The Morgan fingerprint density at radius 3 is 2.21 bits per heavy atom. The van der Waals surface area contributed by atoms with Crippen LogP contribution < -0.4 is 20.2 Å². The minimum Gasteiger partial charge on any atom is -0.497 e. The highest BCUT2D eigenvalue weighted by atomic mass is 35.5. The van der Waals surface area contributed by atoms with Crippen LogP contribution in [0.2, 0.25) is 5.02 Å². The molecule has 2 rings (SSSR count). The lowest BCUT2D eigenvalue weighted by atomic mass is 10.2. The zero-order chi connectivity index (χ0) is 20.5. The zero-order valence-electron chi connectivity index (χ0n) is 15.9. The van der Waals surface area contributed by atoms with Crippen molar-refractivity contribution in [3.05, 3.63) is 58.6 Å². The first-order valence-corrected chi connectivity index (χ1v) is 8.86. The lowest BCUT2D eigenvalue weighted by molar-refractivity contribution is -0.120. The van der Waals surface area contributed by atoms with E-state index < -0.39 is 5.91 Å². The molecule has 0 aliphatic rings. The van der Waals surface area contributed by atoms with E-state index in [1.807, 2.05) is 12.1 Å². The van der Waals surface area contributed by atoms with E-state index in [1.54, 1.807) is 37.3 Å². The Hall–Kier alpha value is -3.06. The summed E-state index contributed by atoms with van der Waals surface area (Å²) in [6.45, 7) is 2.05. The summed E-state index contributed by atoms with van der Waals surface area (Å²) in [6.07, 6.45) is 0.0648. The molecular weight excluding hydrogens is 382 g/mol. The number of hydrogen-bond acceptors (Lipinski definition) is 5. The Labute approximate surface area is 168 Å². The number of carbonyl (C=O) groups excluding carboxylic acids is 2. The summed E-state index contributed by atoms with van der Waals surface area (Å²) in [5, 5.41) is 7.41. The number of amides is 2. The van der Waals surface area contributed by atoms with E-state index in [0.29, 0.717) is 34.3 Å². The second kappa shape index (κ2) is 10.3. The molecule has 2 N–H and O–H groups in total. The SMILES string of the molecule is COc1cc(OC)cc(C(=O)N/N=C(/C)CC(=O)NCc2ccc(Cl)cc2)c1. The third kappa shape index (κ3) is 6.59. The summed E-state index contributed by atoms with van der Waals surface area (Å²) in [7, 11) is 3.00. The summed E-state index contributed by atoms with van der Waals surface area (Å²) in [5.41, 5.74) is 4.17. The molecule has 0 bridgehead atoms. The summed E-state index contributed by atoms with van der Waals surface area (Å²) in [5.74, 6) is 0.352. The Morgan fingerprint density at radius 2 is 1.64 bits per heavy atom. The van der Waals surface area contributed by atoms with Crippen LogP contribution in [-0.2, 0) is 11.3 Å². The van der Waals surface area contributed by atoms with Gasteiger partial charge in [0.25, 0.3) is 5.91 Å². The lowest BCUT2D eigenvalue weighted by Crippen LogP contribution is -2.26. The molecular formula is C20H22ClN3O4. The van der Waals surface area contributed by atoms with Gasteiger partial charge in [-0.05, 0) is 36.8 Å². The molecule has 0 saturated heterocycles. The fraction of sp³-hybridized carbons (Fsp3) is 0.250. The number of nitrogens with zero attached hydrogens (tertiary/aromatic N) is 1. The second-order valence-corrected chi connectivity index (χ2v) is 6.41. The first-order chi connectivity index (χ1) is 13.4. The maximum atomic E-state index is 12.3. The topological polar surface area (TPSA) is 89.0 Å². The van der Waals surface area contributed by atoms with Gasteiger partial charge in [0.15, 0.2) is 0 Å². The van der Waals surface area contributed by atoms with Crippen LogP contribution in [-0.4, -0.2) is 31.7 Å². The Kier molecular flexibility index (Phi) is 7.83. The van der Waals surface area contributed by atoms with E-state index in [1.165, 1.54) is 14.2 Å². The van der Waals surface area contributed by atoms with E-state index in [0.717, 1.165) is 5.56 Å². The van der Waals surface area contributed by atoms with Gasteiger partial charge in [0.2, 0.25) is 5.91 Å². The van der Waals surface area contributed by atoms with Crippen molar-refractivity contribution in [1.29, 1.82) is 0 Å². The van der Waals surface area contributed by atoms with Gasteiger partial charge in [-0.1, -0.05) is 23.7 Å². The highest BCUT2D eigenvalue weighted by molar-refractivity contribution is 6.30. The molecule has 0 aliphatic heterocycles. The van der Waals surface area contributed by atoms with Crippen LogP contribution >= 0.6 is 11.6 Å². The minimum absolute atomic E-state index is 0.0648. The Morgan fingerprint density at radius 1 is 1.04 bits per heavy atom. The zero-order valence-corrected chi connectivity index (χ0v) is 16.7. The molecule has 2 amide bonds. The highest BCUT2D eigenvalue weighted by Gasteiger charge is 2.10. The van der Waals surface area contributed by atoms with Crippen molar-refractivity contribution in [2.45, 2.75) is 19.9 Å². The molecule has 0 heterocycles. The van der Waals surface area contributed by atoms with Crippen molar-refractivity contribution in [3.8, 4) is 11.5 Å². The Balaban J connectivity index is 1.88. The van der Waals surface area contributed by atoms with Crippen molar-refractivity contribution in [2.75, 3.05) is 14.2 Å². The molecule has 0 saturated carbocycles. The monoisotopic (exact) mass is 403 g/mol. The van der Waals surface area contributed by atoms with Gasteiger partial charge in [0, 0.05) is 28.9 Å². The van der Waals surface area contributed by atoms with Gasteiger partial charge in [-0.25, -0.2) is 5.43 Å². The number of methoxy groups -OCH3 is 2. The number of hydrogen-bond donors (Lipinski definition) is 2. The Bertz CT molecular complexity index is 844. The predicted octanol–water partition coefficient (Wildman–Crippen LogP) is 3.17. The molecule has 7 nitrogen and oxygen atoms in total. The van der Waals surface area contributed by atoms with Crippen LogP contribution in [0.25, 0.3) is 0 Å². The molecule has 0 aromatic heterocycles. The lowest BCUT2D eigenvalue weighted by Gasteiger charge is -2.08. The number of hydrazone groups is 1. The normalized spacial score (nSPS) is 10.9. The molecule has 0 spiro atoms. The molecule has 0 aliphatic carbocycles. The highest BCUT2D eigenvalue weighted by Crippen LogP contribution is 2.22. The van der Waals surface area contributed by atoms with Crippen LogP contribution in [0.3, 0.4) is 0 Å². The molecule has 8 heteroatoms. The van der Waals surface area contributed by atoms with Gasteiger partial charge in [-0.3, -0.25) is 9.59 Å². The number of carbonyl (C=O) groups is 2. The number of halogens is 1. The molecule has 2 aromatic carbocycles. The van der Waals surface area contributed by atoms with Crippen molar-refractivity contribution in [2.24, 2.45) is 5.10 Å². The van der Waals surface area contributed by atoms with Gasteiger partial charge in [-0.15, -0.1) is 0 Å². The molecule has 2 aromatic rings. The maximum Gasteiger partial charge on any atom is 0.271 e. The van der Waals surface area contributed by atoms with E-state index in [2.05, 4.69) is 15.8 Å². The average molecular weight is 404 g/mol. The number of benzene rings is 2. The molecule has 148 valence electrons. The van der Waals surface area contributed by atoms with Crippen LogP contribution in [0, 0.1) is 0 Å². The largest absolute Gasteiger partial charge is 0.497 e. The average Bonchev–Trinajstić information content (AvgIpc) is 2.71. The third-order valence-corrected chi connectivity index (χ3v) is 4.03. The molecule has 0 radical (unpaired) electrons. The number of rotatable bonds is 8. The fourth-order valence-electron chi connectivity index (χ4n) is 2.29. The fourth-order valence-corrected chi connectivity index (χ4v) is 2.41. The standard InChI is InChI=1S/C20H22ClN3O4/c1-13(8-19(25)22-12-14-4-6-16(21)7-5-14)23-24-20(26)15-9-17(27-2)11-18(10-15)28-3/h4-7,9-11H,8,12H2,1-3H3,(H,22,25)(H,24,26)/b23-13-. The van der Waals surface area contributed by atoms with Crippen LogP contribution in [0.5, 0.6) is 11.5 Å². The minimum atomic E-state index is -0.432. The van der Waals surface area contributed by atoms with Crippen molar-refractivity contribution < 1.29 is 19.1 Å². The van der Waals surface area contributed by atoms with Crippen molar-refractivity contribution >= 4 is 29.1 Å². The summed E-state index contributed by atoms with van der Waals surface area (Å²) >= 11 is 5.83. The molecule has 0 fully saturated rings. The number of nitrogens with one attached hydrogen (secondary N) is 2. The van der Waals surface area contributed by atoms with Gasteiger partial charge in [-0.2, -0.15) is 5.10 Å². The van der Waals surface area contributed by atoms with Crippen LogP contribution in [0.4, 0.5) is 0 Å². The van der Waals surface area contributed by atoms with E-state index in [4.69, 9.17) is 21.1 Å². The van der Waals surface area contributed by atoms with Crippen LogP contribution in [0.1, 0.15) is 29.3 Å². The van der Waals surface area contributed by atoms with Crippen molar-refractivity contribution in [3.63, 3.8) is 0 Å². The smallest absolute Gasteiger partial charge is 0.271 e. The maximum absolute atomic E-state index is 12.3. The third-order valence-electron chi connectivity index (χ3n) is 3.78. The van der Waals surface area contributed by atoms with Gasteiger partial charge >= 0.3 is 0 Å². The van der Waals surface area contributed by atoms with Gasteiger partial charge in [0.05, 0.1) is 20.6 Å². The first-order valence-electron chi connectivity index (χ1n) is 8.49. The summed E-state index contributed by atoms with van der Waals surface area (Å²) < 4.78 is 10.3. The van der Waals surface area contributed by atoms with E-state index >= 15 is 0 Å². The quantitative estimate of drug-likeness (QED) is 0.523. The first kappa shape index (κ1) is 21.2. The van der Waals surface area contributed by atoms with Crippen molar-refractivity contribution in [1.82, 2.24) is 10.7 Å². The number of ether oxygens (including phenoxy) is 2. The van der Waals surface area contributed by atoms with E-state index in [9.17, 15) is 9.59 Å². The van der Waals surface area contributed by atoms with Gasteiger partial charge < -0.3 is 14.8 Å². The predicted molar refractivity (Wildman–Crippen MR) is 108 cm³/mol. The summed E-state index contributed by atoms with van der Waals surface area (Å²) in [6, 6.07) is 12.0. The second-order valence-electron chi connectivity index (χ2n) is 5.97. The molecule has 0 unspecified atom stereocenters. The molecule has 0 atom stereocenters. The van der Waals surface area contributed by atoms with E-state index in [-0.39, 0.29) is 12.3 Å². The van der Waals surface area contributed by atoms with Gasteiger partial charge in [0.1, 0.15) is 11.5 Å². The summed E-state index contributed by atoms with van der Waals surface area (Å²) in [4.78, 5) is 24.3. The van der Waals surface area contributed by atoms with Crippen LogP contribution in [0.15, 0.2) is 47.6 Å². The molecule has 28 heavy (non-hydrogen) atoms.